The molecule has 21 heavy (non-hydrogen) atoms. The average Bonchev–Trinajstić information content (AvgIpc) is 2.60. The first-order valence-electron chi connectivity index (χ1n) is 5.78. The van der Waals surface area contributed by atoms with E-state index >= 15 is 0 Å². The molecule has 114 valence electrons. The minimum atomic E-state index is -5.69. The smallest absolute Gasteiger partial charge is 0.358 e. The Balaban J connectivity index is 2.62. The van der Waals surface area contributed by atoms with Gasteiger partial charge in [-0.1, -0.05) is 18.2 Å². The molecule has 8 heteroatoms. The fourth-order valence-corrected chi connectivity index (χ4v) is 2.22. The van der Waals surface area contributed by atoms with Gasteiger partial charge in [0.05, 0.1) is 0 Å². The molecule has 0 bridgehead atoms. The molecule has 1 heterocycles. The SMILES string of the molecule is Cc1[nH]c2ccccc2c1C(=O)C(C(F)(F)F)C(F)(F)F. The Bertz CT molecular complexity index is 668. The zero-order valence-electron chi connectivity index (χ0n) is 10.6. The normalized spacial score (nSPS) is 13.1. The van der Waals surface area contributed by atoms with Crippen LogP contribution in [-0.2, 0) is 0 Å². The second kappa shape index (κ2) is 4.78. The number of H-pyrrole nitrogens is 1. The van der Waals surface area contributed by atoms with Crippen LogP contribution in [0.2, 0.25) is 0 Å². The standard InChI is InChI=1S/C13H9F6NO/c1-6-9(7-4-2-3-5-8(7)20-6)10(21)11(12(14,15)16)13(17,18)19/h2-5,11,20H,1H3. The number of aromatic amines is 1. The van der Waals surface area contributed by atoms with E-state index in [1.807, 2.05) is 0 Å². The highest BCUT2D eigenvalue weighted by Crippen LogP contribution is 2.42. The first-order valence-corrected chi connectivity index (χ1v) is 5.78. The molecule has 0 atom stereocenters. The summed E-state index contributed by atoms with van der Waals surface area (Å²) in [7, 11) is 0. The number of hydrogen-bond donors (Lipinski definition) is 1. The predicted molar refractivity (Wildman–Crippen MR) is 63.0 cm³/mol. The molecule has 0 spiro atoms. The topological polar surface area (TPSA) is 32.9 Å². The van der Waals surface area contributed by atoms with E-state index in [-0.39, 0.29) is 11.1 Å². The summed E-state index contributed by atoms with van der Waals surface area (Å²) in [5, 5.41) is 0.0403. The van der Waals surface area contributed by atoms with Crippen molar-refractivity contribution < 1.29 is 31.1 Å². The number of aryl methyl sites for hydroxylation is 1. The van der Waals surface area contributed by atoms with Gasteiger partial charge in [-0.15, -0.1) is 0 Å². The molecule has 0 saturated carbocycles. The van der Waals surface area contributed by atoms with Crippen molar-refractivity contribution in [2.24, 2.45) is 5.92 Å². The molecule has 0 aliphatic heterocycles. The van der Waals surface area contributed by atoms with Crippen molar-refractivity contribution >= 4 is 16.7 Å². The predicted octanol–water partition coefficient (Wildman–Crippen LogP) is 4.40. The molecule has 0 amide bonds. The molecule has 1 aromatic heterocycles. The second-order valence-corrected chi connectivity index (χ2v) is 4.55. The number of alkyl halides is 6. The highest BCUT2D eigenvalue weighted by atomic mass is 19.4. The van der Waals surface area contributed by atoms with Crippen LogP contribution in [0.5, 0.6) is 0 Å². The third kappa shape index (κ3) is 2.74. The van der Waals surface area contributed by atoms with Crippen LogP contribution in [-0.4, -0.2) is 23.1 Å². The maximum absolute atomic E-state index is 12.6. The van der Waals surface area contributed by atoms with Crippen LogP contribution in [0.15, 0.2) is 24.3 Å². The summed E-state index contributed by atoms with van der Waals surface area (Å²) in [5.74, 6) is -6.02. The Morgan fingerprint density at radius 2 is 1.57 bits per heavy atom. The van der Waals surface area contributed by atoms with Gasteiger partial charge in [-0.05, 0) is 13.0 Å². The number of aromatic nitrogens is 1. The Labute approximate surface area is 114 Å². The summed E-state index contributed by atoms with van der Waals surface area (Å²) in [5.41, 5.74) is -0.300. The average molecular weight is 309 g/mol. The van der Waals surface area contributed by atoms with Gasteiger partial charge in [0.1, 0.15) is 0 Å². The van der Waals surface area contributed by atoms with Crippen molar-refractivity contribution in [2.45, 2.75) is 19.3 Å². The molecule has 0 radical (unpaired) electrons. The van der Waals surface area contributed by atoms with Gasteiger partial charge >= 0.3 is 12.4 Å². The van der Waals surface area contributed by atoms with Gasteiger partial charge in [0.25, 0.3) is 0 Å². The van der Waals surface area contributed by atoms with E-state index in [4.69, 9.17) is 0 Å². The molecule has 0 aliphatic rings. The highest BCUT2D eigenvalue weighted by molar-refractivity contribution is 6.10. The van der Waals surface area contributed by atoms with Crippen LogP contribution in [0.3, 0.4) is 0 Å². The van der Waals surface area contributed by atoms with E-state index in [0.29, 0.717) is 5.52 Å². The number of rotatable bonds is 2. The number of Topliss-reactive ketones (excluding diaryl/α,β-unsaturated/α-hetero) is 1. The lowest BCUT2D eigenvalue weighted by atomic mass is 9.94. The molecule has 2 aromatic rings. The molecule has 1 N–H and O–H groups in total. The number of nitrogens with one attached hydrogen (secondary N) is 1. The number of carbonyl (C=O) groups is 1. The summed E-state index contributed by atoms with van der Waals surface area (Å²) >= 11 is 0. The van der Waals surface area contributed by atoms with Crippen LogP contribution >= 0.6 is 0 Å². The fraction of sp³-hybridized carbons (Fsp3) is 0.308. The van der Waals surface area contributed by atoms with E-state index in [2.05, 4.69) is 4.98 Å². The molecule has 1 aromatic carbocycles. The van der Waals surface area contributed by atoms with E-state index < -0.39 is 29.6 Å². The van der Waals surface area contributed by atoms with Gasteiger partial charge in [0.15, 0.2) is 5.78 Å². The molecule has 0 aliphatic carbocycles. The van der Waals surface area contributed by atoms with E-state index in [1.165, 1.54) is 25.1 Å². The lowest BCUT2D eigenvalue weighted by molar-refractivity contribution is -0.264. The second-order valence-electron chi connectivity index (χ2n) is 4.55. The number of para-hydroxylation sites is 1. The fourth-order valence-electron chi connectivity index (χ4n) is 2.22. The first-order chi connectivity index (χ1) is 9.53. The Hall–Kier alpha value is -1.99. The molecule has 0 unspecified atom stereocenters. The molecule has 2 rings (SSSR count). The largest absolute Gasteiger partial charge is 0.407 e. The van der Waals surface area contributed by atoms with Gasteiger partial charge in [-0.25, -0.2) is 0 Å². The lowest BCUT2D eigenvalue weighted by Crippen LogP contribution is -2.42. The third-order valence-corrected chi connectivity index (χ3v) is 3.06. The van der Waals surface area contributed by atoms with E-state index in [0.717, 1.165) is 0 Å². The Morgan fingerprint density at radius 3 is 2.10 bits per heavy atom. The number of halogens is 6. The third-order valence-electron chi connectivity index (χ3n) is 3.06. The van der Waals surface area contributed by atoms with Crippen LogP contribution in [0.4, 0.5) is 26.3 Å². The minimum absolute atomic E-state index is 0.0281. The summed E-state index contributed by atoms with van der Waals surface area (Å²) < 4.78 is 75.8. The first kappa shape index (κ1) is 15.4. The van der Waals surface area contributed by atoms with Crippen molar-refractivity contribution in [1.29, 1.82) is 0 Å². The number of fused-ring (bicyclic) bond motifs is 1. The molecular weight excluding hydrogens is 300 g/mol. The molecule has 0 saturated heterocycles. The van der Waals surface area contributed by atoms with Gasteiger partial charge in [0, 0.05) is 22.2 Å². The molecular formula is C13H9F6NO. The van der Waals surface area contributed by atoms with Gasteiger partial charge in [0.2, 0.25) is 5.92 Å². The van der Waals surface area contributed by atoms with Gasteiger partial charge < -0.3 is 4.98 Å². The van der Waals surface area contributed by atoms with Crippen LogP contribution in [0.1, 0.15) is 16.1 Å². The summed E-state index contributed by atoms with van der Waals surface area (Å²) in [4.78, 5) is 14.5. The molecule has 0 fully saturated rings. The van der Waals surface area contributed by atoms with Crippen LogP contribution in [0, 0.1) is 12.8 Å². The van der Waals surface area contributed by atoms with E-state index in [1.54, 1.807) is 6.07 Å². The zero-order chi connectivity index (χ0) is 16.0. The number of carbonyl (C=O) groups excluding carboxylic acids is 1. The zero-order valence-corrected chi connectivity index (χ0v) is 10.6. The minimum Gasteiger partial charge on any atom is -0.358 e. The monoisotopic (exact) mass is 309 g/mol. The summed E-state index contributed by atoms with van der Waals surface area (Å²) in [6.07, 6.45) is -11.4. The lowest BCUT2D eigenvalue weighted by Gasteiger charge is -2.21. The highest BCUT2D eigenvalue weighted by Gasteiger charge is 2.61. The quantitative estimate of drug-likeness (QED) is 0.647. The van der Waals surface area contributed by atoms with Crippen LogP contribution in [0.25, 0.3) is 10.9 Å². The van der Waals surface area contributed by atoms with Crippen molar-refractivity contribution in [3.05, 3.63) is 35.5 Å². The number of benzene rings is 1. The Morgan fingerprint density at radius 1 is 1.05 bits per heavy atom. The molecule has 2 nitrogen and oxygen atoms in total. The van der Waals surface area contributed by atoms with Gasteiger partial charge in [-0.3, -0.25) is 4.79 Å². The van der Waals surface area contributed by atoms with Crippen molar-refractivity contribution in [3.63, 3.8) is 0 Å². The van der Waals surface area contributed by atoms with Gasteiger partial charge in [-0.2, -0.15) is 26.3 Å². The van der Waals surface area contributed by atoms with E-state index in [9.17, 15) is 31.1 Å². The Kier molecular flexibility index (Phi) is 3.51. The van der Waals surface area contributed by atoms with Crippen molar-refractivity contribution in [3.8, 4) is 0 Å². The van der Waals surface area contributed by atoms with Crippen molar-refractivity contribution in [1.82, 2.24) is 4.98 Å². The number of ketones is 1. The maximum Gasteiger partial charge on any atom is 0.407 e. The van der Waals surface area contributed by atoms with Crippen LogP contribution < -0.4 is 0 Å². The maximum atomic E-state index is 12.6. The van der Waals surface area contributed by atoms with Crippen molar-refractivity contribution in [2.75, 3.05) is 0 Å². The number of hydrogen-bond acceptors (Lipinski definition) is 1. The summed E-state index contributed by atoms with van der Waals surface area (Å²) in [6.45, 7) is 1.26. The summed E-state index contributed by atoms with van der Waals surface area (Å²) in [6, 6.07) is 5.76.